The first-order valence-electron chi connectivity index (χ1n) is 2.45. The predicted molar refractivity (Wildman–Crippen MR) is 28.4 cm³/mol. The highest BCUT2D eigenvalue weighted by atomic mass is 17.1. The predicted octanol–water partition coefficient (Wildman–Crippen LogP) is -2.19. The van der Waals surface area contributed by atoms with E-state index in [2.05, 4.69) is 4.89 Å². The van der Waals surface area contributed by atoms with Crippen molar-refractivity contribution in [2.24, 2.45) is 0 Å². The number of carbonyl (C=O) groups is 2. The van der Waals surface area contributed by atoms with Crippen molar-refractivity contribution < 1.29 is 35.1 Å². The van der Waals surface area contributed by atoms with Gasteiger partial charge in [0.25, 0.3) is 0 Å². The summed E-state index contributed by atoms with van der Waals surface area (Å²) < 4.78 is 0. The largest absolute Gasteiger partial charge is 0.479 e. The fraction of sp³-hybridized carbons (Fsp3) is 0.500. The van der Waals surface area contributed by atoms with Crippen molar-refractivity contribution in [1.82, 2.24) is 0 Å². The topological polar surface area (TPSA) is 124 Å². The van der Waals surface area contributed by atoms with Gasteiger partial charge in [0, 0.05) is 0 Å². The third kappa shape index (κ3) is 2.50. The molecule has 4 N–H and O–H groups in total. The Hall–Kier alpha value is -1.18. The minimum atomic E-state index is -2.30. The van der Waals surface area contributed by atoms with E-state index in [0.29, 0.717) is 0 Å². The molecule has 0 spiro atoms. The quantitative estimate of drug-likeness (QED) is 0.277. The van der Waals surface area contributed by atoms with Crippen molar-refractivity contribution in [2.75, 3.05) is 0 Å². The van der Waals surface area contributed by atoms with E-state index in [0.717, 1.165) is 0 Å². The second-order valence-corrected chi connectivity index (χ2v) is 1.64. The van der Waals surface area contributed by atoms with E-state index in [1.165, 1.54) is 0 Å². The molecule has 0 aromatic carbocycles. The molecule has 0 heterocycles. The molecular weight excluding hydrogens is 160 g/mol. The SMILES string of the molecule is O=C(O)C(O)C(O)C(=O)OO. The van der Waals surface area contributed by atoms with Crippen molar-refractivity contribution in [2.45, 2.75) is 12.2 Å². The van der Waals surface area contributed by atoms with Crippen LogP contribution >= 0.6 is 0 Å². The van der Waals surface area contributed by atoms with Gasteiger partial charge in [-0.2, -0.15) is 5.26 Å². The minimum absolute atomic E-state index is 1.63. The van der Waals surface area contributed by atoms with Crippen molar-refractivity contribution in [3.63, 3.8) is 0 Å². The molecule has 0 fully saturated rings. The van der Waals surface area contributed by atoms with Crippen LogP contribution in [0.5, 0.6) is 0 Å². The highest BCUT2D eigenvalue weighted by molar-refractivity contribution is 5.83. The van der Waals surface area contributed by atoms with E-state index in [-0.39, 0.29) is 0 Å². The summed E-state index contributed by atoms with van der Waals surface area (Å²) in [6, 6.07) is 0. The molecule has 0 aliphatic carbocycles. The highest BCUT2D eigenvalue weighted by Gasteiger charge is 2.31. The molecule has 0 rings (SSSR count). The third-order valence-electron chi connectivity index (χ3n) is 0.884. The Morgan fingerprint density at radius 2 is 1.64 bits per heavy atom. The lowest BCUT2D eigenvalue weighted by Gasteiger charge is -2.08. The lowest BCUT2D eigenvalue weighted by molar-refractivity contribution is -0.246. The molecule has 0 saturated carbocycles. The Labute approximate surface area is 60.4 Å². The molecule has 0 aliphatic rings. The zero-order valence-corrected chi connectivity index (χ0v) is 5.17. The van der Waals surface area contributed by atoms with Crippen LogP contribution in [0.3, 0.4) is 0 Å². The Morgan fingerprint density at radius 1 is 1.18 bits per heavy atom. The molecule has 11 heavy (non-hydrogen) atoms. The van der Waals surface area contributed by atoms with Crippen LogP contribution in [-0.2, 0) is 14.5 Å². The van der Waals surface area contributed by atoms with Gasteiger partial charge in [-0.1, -0.05) is 0 Å². The second kappa shape index (κ2) is 3.86. The monoisotopic (exact) mass is 166 g/mol. The number of aliphatic hydroxyl groups is 2. The van der Waals surface area contributed by atoms with Gasteiger partial charge in [0.1, 0.15) is 0 Å². The number of hydrogen-bond donors (Lipinski definition) is 4. The molecule has 2 unspecified atom stereocenters. The third-order valence-corrected chi connectivity index (χ3v) is 0.884. The van der Waals surface area contributed by atoms with Gasteiger partial charge < -0.3 is 15.3 Å². The molecule has 0 amide bonds. The van der Waals surface area contributed by atoms with E-state index in [1.807, 2.05) is 0 Å². The molecular formula is C4H6O7. The van der Waals surface area contributed by atoms with Gasteiger partial charge >= 0.3 is 11.9 Å². The van der Waals surface area contributed by atoms with Gasteiger partial charge in [0.15, 0.2) is 12.2 Å². The standard InChI is InChI=1S/C4H6O7/c5-1(3(7)8)2(6)4(9)11-10/h1-2,5-6,10H,(H,7,8). The van der Waals surface area contributed by atoms with Crippen LogP contribution in [0, 0.1) is 0 Å². The van der Waals surface area contributed by atoms with Gasteiger partial charge in [0.05, 0.1) is 0 Å². The summed E-state index contributed by atoms with van der Waals surface area (Å²) in [6.07, 6.45) is -4.58. The van der Waals surface area contributed by atoms with Gasteiger partial charge in [-0.15, -0.1) is 0 Å². The molecule has 0 bridgehead atoms. The maximum Gasteiger partial charge on any atom is 0.373 e. The average Bonchev–Trinajstić information content (AvgIpc) is 2.00. The Balaban J connectivity index is 4.12. The minimum Gasteiger partial charge on any atom is -0.479 e. The summed E-state index contributed by atoms with van der Waals surface area (Å²) in [5.41, 5.74) is 0. The average molecular weight is 166 g/mol. The van der Waals surface area contributed by atoms with Gasteiger partial charge in [-0.3, -0.25) is 4.89 Å². The summed E-state index contributed by atoms with van der Waals surface area (Å²) >= 11 is 0. The maximum atomic E-state index is 10.1. The van der Waals surface area contributed by atoms with Gasteiger partial charge in [-0.05, 0) is 0 Å². The first kappa shape index (κ1) is 9.82. The van der Waals surface area contributed by atoms with E-state index >= 15 is 0 Å². The van der Waals surface area contributed by atoms with E-state index in [4.69, 9.17) is 20.6 Å². The molecule has 2 atom stereocenters. The van der Waals surface area contributed by atoms with Crippen LogP contribution in [0.1, 0.15) is 0 Å². The fourth-order valence-electron chi connectivity index (χ4n) is 0.318. The molecule has 0 saturated heterocycles. The van der Waals surface area contributed by atoms with E-state index < -0.39 is 24.1 Å². The molecule has 0 aromatic rings. The first-order valence-corrected chi connectivity index (χ1v) is 2.45. The number of hydrogen-bond acceptors (Lipinski definition) is 6. The number of aliphatic carboxylic acids is 1. The van der Waals surface area contributed by atoms with Gasteiger partial charge in [-0.25, -0.2) is 9.59 Å². The van der Waals surface area contributed by atoms with Crippen LogP contribution in [0.25, 0.3) is 0 Å². The van der Waals surface area contributed by atoms with Crippen molar-refractivity contribution >= 4 is 11.9 Å². The summed E-state index contributed by atoms with van der Waals surface area (Å²) in [4.78, 5) is 22.9. The zero-order valence-electron chi connectivity index (χ0n) is 5.17. The lowest BCUT2D eigenvalue weighted by Crippen LogP contribution is -2.40. The van der Waals surface area contributed by atoms with Crippen LogP contribution in [0.15, 0.2) is 0 Å². The molecule has 64 valence electrons. The molecule has 7 nitrogen and oxygen atoms in total. The molecule has 0 aliphatic heterocycles. The first-order chi connectivity index (χ1) is 5.00. The van der Waals surface area contributed by atoms with Crippen LogP contribution in [-0.4, -0.2) is 44.7 Å². The van der Waals surface area contributed by atoms with Crippen molar-refractivity contribution in [1.29, 1.82) is 0 Å². The molecule has 7 heteroatoms. The van der Waals surface area contributed by atoms with Crippen LogP contribution in [0.4, 0.5) is 0 Å². The summed E-state index contributed by atoms with van der Waals surface area (Å²) in [7, 11) is 0. The van der Waals surface area contributed by atoms with Gasteiger partial charge in [0.2, 0.25) is 0 Å². The Bertz CT molecular complexity index is 164. The van der Waals surface area contributed by atoms with Crippen molar-refractivity contribution in [3.05, 3.63) is 0 Å². The lowest BCUT2D eigenvalue weighted by atomic mass is 10.2. The zero-order chi connectivity index (χ0) is 9.02. The summed E-state index contributed by atoms with van der Waals surface area (Å²) in [5, 5.41) is 32.5. The van der Waals surface area contributed by atoms with Crippen LogP contribution in [0.2, 0.25) is 0 Å². The Kier molecular flexibility index (Phi) is 3.45. The smallest absolute Gasteiger partial charge is 0.373 e. The highest BCUT2D eigenvalue weighted by Crippen LogP contribution is 1.95. The molecule has 0 aromatic heterocycles. The van der Waals surface area contributed by atoms with E-state index in [9.17, 15) is 9.59 Å². The summed E-state index contributed by atoms with van der Waals surface area (Å²) in [6.45, 7) is 0. The number of rotatable bonds is 3. The second-order valence-electron chi connectivity index (χ2n) is 1.64. The summed E-state index contributed by atoms with van der Waals surface area (Å²) in [5.74, 6) is -3.41. The molecule has 0 radical (unpaired) electrons. The Morgan fingerprint density at radius 3 is 1.91 bits per heavy atom. The van der Waals surface area contributed by atoms with Crippen molar-refractivity contribution in [3.8, 4) is 0 Å². The fourth-order valence-corrected chi connectivity index (χ4v) is 0.318. The number of aliphatic hydroxyl groups excluding tert-OH is 2. The van der Waals surface area contributed by atoms with E-state index in [1.54, 1.807) is 0 Å². The van der Waals surface area contributed by atoms with Crippen LogP contribution < -0.4 is 0 Å². The number of carbonyl (C=O) groups excluding carboxylic acids is 1. The number of carboxylic acids is 1. The normalized spacial score (nSPS) is 15.2. The maximum absolute atomic E-state index is 10.1. The number of carboxylic acid groups (broad SMARTS) is 1.